The Hall–Kier alpha value is -1.72. The molecule has 3 heterocycles. The number of pyridine rings is 1. The number of ether oxygens (including phenoxy) is 1. The van der Waals surface area contributed by atoms with E-state index in [1.165, 1.54) is 19.3 Å². The number of thiophene rings is 1. The van der Waals surface area contributed by atoms with E-state index in [0.717, 1.165) is 30.8 Å². The van der Waals surface area contributed by atoms with E-state index in [-0.39, 0.29) is 11.3 Å². The molecule has 0 unspecified atom stereocenters. The average Bonchev–Trinajstić information content (AvgIpc) is 3.31. The summed E-state index contributed by atoms with van der Waals surface area (Å²) in [5, 5.41) is 3.92. The van der Waals surface area contributed by atoms with E-state index in [1.807, 2.05) is 33.9 Å². The first kappa shape index (κ1) is 15.8. The van der Waals surface area contributed by atoms with Gasteiger partial charge in [-0.15, -0.1) is 0 Å². The smallest absolute Gasteiger partial charge is 0.254 e. The first-order valence-corrected chi connectivity index (χ1v) is 9.49. The standard InChI is InChI=1S/C19H22N2O2S/c22-18(16-5-9-24-12-16)21-10-17-2-1-6-19(17,13-21)14-23-11-15-3-7-20-8-4-15/h3-5,7-9,12,17H,1-2,6,10-11,13-14H2/t17-,19+/m1/s1. The van der Waals surface area contributed by atoms with E-state index in [2.05, 4.69) is 4.98 Å². The molecule has 2 aromatic rings. The number of hydrogen-bond donors (Lipinski definition) is 0. The van der Waals surface area contributed by atoms with Gasteiger partial charge in [0.1, 0.15) is 0 Å². The fraction of sp³-hybridized carbons (Fsp3) is 0.474. The van der Waals surface area contributed by atoms with Crippen molar-refractivity contribution in [2.45, 2.75) is 25.9 Å². The highest BCUT2D eigenvalue weighted by atomic mass is 32.1. The fourth-order valence-electron chi connectivity index (χ4n) is 4.22. The molecular formula is C19H22N2O2S. The molecule has 1 saturated heterocycles. The molecule has 1 aliphatic carbocycles. The van der Waals surface area contributed by atoms with Gasteiger partial charge in [0.05, 0.1) is 18.8 Å². The molecule has 1 saturated carbocycles. The summed E-state index contributed by atoms with van der Waals surface area (Å²) in [7, 11) is 0. The van der Waals surface area contributed by atoms with Crippen molar-refractivity contribution in [2.75, 3.05) is 19.7 Å². The van der Waals surface area contributed by atoms with Crippen molar-refractivity contribution in [2.24, 2.45) is 11.3 Å². The van der Waals surface area contributed by atoms with Gasteiger partial charge in [0.2, 0.25) is 0 Å². The molecule has 126 valence electrons. The molecule has 2 fully saturated rings. The zero-order valence-electron chi connectivity index (χ0n) is 13.7. The normalized spacial score (nSPS) is 25.8. The monoisotopic (exact) mass is 342 g/mol. The number of rotatable bonds is 5. The van der Waals surface area contributed by atoms with E-state index in [1.54, 1.807) is 23.7 Å². The summed E-state index contributed by atoms with van der Waals surface area (Å²) in [6.07, 6.45) is 7.23. The molecule has 2 atom stereocenters. The highest BCUT2D eigenvalue weighted by Gasteiger charge is 2.50. The van der Waals surface area contributed by atoms with Gasteiger partial charge in [0.15, 0.2) is 0 Å². The Labute approximate surface area is 146 Å². The summed E-state index contributed by atoms with van der Waals surface area (Å²) in [6, 6.07) is 5.91. The lowest BCUT2D eigenvalue weighted by Crippen LogP contribution is -2.34. The zero-order chi connectivity index (χ0) is 16.4. The first-order chi connectivity index (χ1) is 11.8. The first-order valence-electron chi connectivity index (χ1n) is 8.55. The number of fused-ring (bicyclic) bond motifs is 1. The molecule has 0 bridgehead atoms. The number of hydrogen-bond acceptors (Lipinski definition) is 4. The largest absolute Gasteiger partial charge is 0.376 e. The minimum atomic E-state index is 0.151. The summed E-state index contributed by atoms with van der Waals surface area (Å²) in [5.41, 5.74) is 2.13. The van der Waals surface area contributed by atoms with Gasteiger partial charge in [-0.3, -0.25) is 9.78 Å². The zero-order valence-corrected chi connectivity index (χ0v) is 14.5. The van der Waals surface area contributed by atoms with Crippen LogP contribution in [0.5, 0.6) is 0 Å². The fourth-order valence-corrected chi connectivity index (χ4v) is 4.85. The Morgan fingerprint density at radius 1 is 1.38 bits per heavy atom. The van der Waals surface area contributed by atoms with Gasteiger partial charge >= 0.3 is 0 Å². The van der Waals surface area contributed by atoms with E-state index < -0.39 is 0 Å². The molecule has 4 nitrogen and oxygen atoms in total. The van der Waals surface area contributed by atoms with Gasteiger partial charge in [-0.25, -0.2) is 0 Å². The second-order valence-electron chi connectivity index (χ2n) is 7.00. The Kier molecular flexibility index (Phi) is 4.37. The molecule has 0 aromatic carbocycles. The van der Waals surface area contributed by atoms with Gasteiger partial charge in [0, 0.05) is 36.3 Å². The minimum absolute atomic E-state index is 0.151. The van der Waals surface area contributed by atoms with Crippen LogP contribution < -0.4 is 0 Å². The average molecular weight is 342 g/mol. The van der Waals surface area contributed by atoms with Gasteiger partial charge in [-0.1, -0.05) is 6.42 Å². The van der Waals surface area contributed by atoms with Crippen LogP contribution in [-0.2, 0) is 11.3 Å². The van der Waals surface area contributed by atoms with E-state index in [0.29, 0.717) is 12.5 Å². The summed E-state index contributed by atoms with van der Waals surface area (Å²) in [6.45, 7) is 3.08. The number of carbonyl (C=O) groups excluding carboxylic acids is 1. The second kappa shape index (κ2) is 6.65. The quantitative estimate of drug-likeness (QED) is 0.834. The number of aromatic nitrogens is 1. The Balaban J connectivity index is 1.40. The van der Waals surface area contributed by atoms with Crippen LogP contribution in [0.2, 0.25) is 0 Å². The van der Waals surface area contributed by atoms with E-state index in [9.17, 15) is 4.79 Å². The third-order valence-electron chi connectivity index (χ3n) is 5.50. The van der Waals surface area contributed by atoms with Crippen LogP contribution in [0.1, 0.15) is 35.2 Å². The van der Waals surface area contributed by atoms with Crippen LogP contribution >= 0.6 is 11.3 Å². The third-order valence-corrected chi connectivity index (χ3v) is 6.19. The van der Waals surface area contributed by atoms with Gasteiger partial charge in [-0.2, -0.15) is 11.3 Å². The predicted octanol–water partition coefficient (Wildman–Crippen LogP) is 3.60. The molecule has 5 heteroatoms. The Morgan fingerprint density at radius 3 is 3.04 bits per heavy atom. The summed E-state index contributed by atoms with van der Waals surface area (Å²) in [4.78, 5) is 18.7. The van der Waals surface area contributed by atoms with Crippen molar-refractivity contribution in [3.8, 4) is 0 Å². The summed E-state index contributed by atoms with van der Waals surface area (Å²) >= 11 is 1.58. The van der Waals surface area contributed by atoms with Crippen molar-refractivity contribution in [1.29, 1.82) is 0 Å². The van der Waals surface area contributed by atoms with Gasteiger partial charge < -0.3 is 9.64 Å². The lowest BCUT2D eigenvalue weighted by molar-refractivity contribution is 0.0265. The molecule has 0 spiro atoms. The number of carbonyl (C=O) groups is 1. The molecule has 0 N–H and O–H groups in total. The van der Waals surface area contributed by atoms with Crippen LogP contribution in [0, 0.1) is 11.3 Å². The molecule has 2 aliphatic rings. The van der Waals surface area contributed by atoms with E-state index >= 15 is 0 Å². The lowest BCUT2D eigenvalue weighted by atomic mass is 9.81. The van der Waals surface area contributed by atoms with Crippen LogP contribution in [0.3, 0.4) is 0 Å². The lowest BCUT2D eigenvalue weighted by Gasteiger charge is -2.28. The molecule has 24 heavy (non-hydrogen) atoms. The van der Waals surface area contributed by atoms with Crippen LogP contribution in [0.25, 0.3) is 0 Å². The number of likely N-dealkylation sites (tertiary alicyclic amines) is 1. The molecule has 2 aromatic heterocycles. The molecule has 1 aliphatic heterocycles. The molecule has 4 rings (SSSR count). The topological polar surface area (TPSA) is 42.4 Å². The maximum absolute atomic E-state index is 12.7. The second-order valence-corrected chi connectivity index (χ2v) is 7.78. The van der Waals surface area contributed by atoms with Crippen LogP contribution in [-0.4, -0.2) is 35.5 Å². The van der Waals surface area contributed by atoms with Crippen molar-refractivity contribution >= 4 is 17.2 Å². The minimum Gasteiger partial charge on any atom is -0.376 e. The van der Waals surface area contributed by atoms with Crippen LogP contribution in [0.4, 0.5) is 0 Å². The number of amides is 1. The van der Waals surface area contributed by atoms with Gasteiger partial charge in [-0.05, 0) is 47.9 Å². The Bertz CT molecular complexity index is 689. The maximum Gasteiger partial charge on any atom is 0.254 e. The summed E-state index contributed by atoms with van der Waals surface area (Å²) in [5.74, 6) is 0.761. The SMILES string of the molecule is O=C(c1ccsc1)N1C[C@H]2CCC[C@@]2(COCc2ccncc2)C1. The maximum atomic E-state index is 12.7. The molecule has 0 radical (unpaired) electrons. The highest BCUT2D eigenvalue weighted by Crippen LogP contribution is 2.49. The van der Waals surface area contributed by atoms with Crippen molar-refractivity contribution < 1.29 is 9.53 Å². The van der Waals surface area contributed by atoms with Crippen molar-refractivity contribution in [3.05, 3.63) is 52.5 Å². The highest BCUT2D eigenvalue weighted by molar-refractivity contribution is 7.08. The van der Waals surface area contributed by atoms with E-state index in [4.69, 9.17) is 4.74 Å². The molecular weight excluding hydrogens is 320 g/mol. The third kappa shape index (κ3) is 2.98. The number of nitrogens with zero attached hydrogens (tertiary/aromatic N) is 2. The van der Waals surface area contributed by atoms with Gasteiger partial charge in [0.25, 0.3) is 5.91 Å². The van der Waals surface area contributed by atoms with Crippen molar-refractivity contribution in [3.63, 3.8) is 0 Å². The molecule has 1 amide bonds. The Morgan fingerprint density at radius 2 is 2.25 bits per heavy atom. The van der Waals surface area contributed by atoms with Crippen molar-refractivity contribution in [1.82, 2.24) is 9.88 Å². The predicted molar refractivity (Wildman–Crippen MR) is 93.9 cm³/mol. The summed E-state index contributed by atoms with van der Waals surface area (Å²) < 4.78 is 6.06. The van der Waals surface area contributed by atoms with Crippen LogP contribution in [0.15, 0.2) is 41.4 Å².